The molecule has 0 spiro atoms. The fourth-order valence-electron chi connectivity index (χ4n) is 1.35. The van der Waals surface area contributed by atoms with Crippen molar-refractivity contribution in [1.29, 1.82) is 0 Å². The van der Waals surface area contributed by atoms with Crippen molar-refractivity contribution in [3.8, 4) is 0 Å². The molecule has 0 aromatic heterocycles. The standard InChI is InChI=1S/C10H9Cl2F2N3/c1-5(13)10(16-17-15)9(14)7-3-2-6(11)4-8(7)12/h2-5,9-10H,1H3/t5?,9-,10-/m0/s1. The molecular formula is C10H9Cl2F2N3. The molecule has 0 radical (unpaired) electrons. The molecule has 1 aromatic rings. The molecular weight excluding hydrogens is 271 g/mol. The van der Waals surface area contributed by atoms with Crippen molar-refractivity contribution in [3.05, 3.63) is 44.3 Å². The number of nitrogens with zero attached hydrogens (tertiary/aromatic N) is 3. The highest BCUT2D eigenvalue weighted by Crippen LogP contribution is 2.33. The number of azide groups is 1. The molecule has 17 heavy (non-hydrogen) atoms. The van der Waals surface area contributed by atoms with Gasteiger partial charge in [-0.1, -0.05) is 34.4 Å². The fraction of sp³-hybridized carbons (Fsp3) is 0.400. The summed E-state index contributed by atoms with van der Waals surface area (Å²) in [6.45, 7) is 1.12. The van der Waals surface area contributed by atoms with Crippen LogP contribution in [0.25, 0.3) is 10.4 Å². The van der Waals surface area contributed by atoms with E-state index in [1.165, 1.54) is 18.2 Å². The SMILES string of the molecule is CC(F)[C@H](N=[N+]=[N-])[C@@H](F)c1ccc(Cl)cc1Cl. The number of hydrogen-bond donors (Lipinski definition) is 0. The highest BCUT2D eigenvalue weighted by molar-refractivity contribution is 6.35. The molecule has 0 aliphatic rings. The molecule has 7 heteroatoms. The Balaban J connectivity index is 3.09. The second-order valence-corrected chi connectivity index (χ2v) is 4.28. The predicted octanol–water partition coefficient (Wildman–Crippen LogP) is 5.04. The lowest BCUT2D eigenvalue weighted by atomic mass is 10.0. The van der Waals surface area contributed by atoms with Gasteiger partial charge < -0.3 is 0 Å². The lowest BCUT2D eigenvalue weighted by Gasteiger charge is -2.18. The summed E-state index contributed by atoms with van der Waals surface area (Å²) in [5, 5.41) is 3.52. The van der Waals surface area contributed by atoms with Crippen LogP contribution in [0.15, 0.2) is 23.3 Å². The minimum Gasteiger partial charge on any atom is -0.247 e. The van der Waals surface area contributed by atoms with E-state index in [9.17, 15) is 8.78 Å². The fourth-order valence-corrected chi connectivity index (χ4v) is 1.86. The summed E-state index contributed by atoms with van der Waals surface area (Å²) in [6.07, 6.45) is -3.43. The molecule has 1 rings (SSSR count). The van der Waals surface area contributed by atoms with Crippen molar-refractivity contribution >= 4 is 23.2 Å². The molecule has 0 aliphatic heterocycles. The Hall–Kier alpha value is -1.03. The zero-order chi connectivity index (χ0) is 13.0. The number of hydrogen-bond acceptors (Lipinski definition) is 1. The molecule has 0 saturated heterocycles. The minimum absolute atomic E-state index is 0.0537. The van der Waals surface area contributed by atoms with Crippen molar-refractivity contribution in [2.24, 2.45) is 5.11 Å². The zero-order valence-corrected chi connectivity index (χ0v) is 10.3. The van der Waals surface area contributed by atoms with Gasteiger partial charge in [-0.15, -0.1) is 0 Å². The van der Waals surface area contributed by atoms with Crippen LogP contribution in [0, 0.1) is 0 Å². The molecule has 0 fully saturated rings. The normalized spacial score (nSPS) is 15.8. The maximum Gasteiger partial charge on any atom is 0.138 e. The van der Waals surface area contributed by atoms with E-state index in [-0.39, 0.29) is 10.6 Å². The average Bonchev–Trinajstić information content (AvgIpc) is 2.24. The van der Waals surface area contributed by atoms with Gasteiger partial charge in [-0.05, 0) is 24.6 Å². The van der Waals surface area contributed by atoms with E-state index in [4.69, 9.17) is 28.7 Å². The van der Waals surface area contributed by atoms with E-state index < -0.39 is 18.4 Å². The molecule has 1 unspecified atom stereocenters. The Morgan fingerprint density at radius 2 is 2.00 bits per heavy atom. The van der Waals surface area contributed by atoms with Crippen LogP contribution >= 0.6 is 23.2 Å². The van der Waals surface area contributed by atoms with Crippen molar-refractivity contribution < 1.29 is 8.78 Å². The molecule has 3 nitrogen and oxygen atoms in total. The van der Waals surface area contributed by atoms with Gasteiger partial charge in [-0.3, -0.25) is 0 Å². The van der Waals surface area contributed by atoms with E-state index in [2.05, 4.69) is 10.0 Å². The molecule has 0 N–H and O–H groups in total. The van der Waals surface area contributed by atoms with Gasteiger partial charge in [0.2, 0.25) is 0 Å². The maximum absolute atomic E-state index is 14.0. The Morgan fingerprint density at radius 1 is 1.35 bits per heavy atom. The summed E-state index contributed by atoms with van der Waals surface area (Å²) in [5.74, 6) is 0. The third-order valence-corrected chi connectivity index (χ3v) is 2.78. The number of benzene rings is 1. The Morgan fingerprint density at radius 3 is 2.47 bits per heavy atom. The van der Waals surface area contributed by atoms with Gasteiger partial charge in [0, 0.05) is 20.5 Å². The minimum atomic E-state index is -1.81. The molecule has 3 atom stereocenters. The van der Waals surface area contributed by atoms with Crippen molar-refractivity contribution in [1.82, 2.24) is 0 Å². The molecule has 0 heterocycles. The van der Waals surface area contributed by atoms with Crippen molar-refractivity contribution in [3.63, 3.8) is 0 Å². The van der Waals surface area contributed by atoms with Crippen LogP contribution in [0.5, 0.6) is 0 Å². The Labute approximate surface area is 107 Å². The van der Waals surface area contributed by atoms with Gasteiger partial charge in [-0.2, -0.15) is 0 Å². The third kappa shape index (κ3) is 3.46. The summed E-state index contributed by atoms with van der Waals surface area (Å²) >= 11 is 11.5. The summed E-state index contributed by atoms with van der Waals surface area (Å²) in [4.78, 5) is 2.43. The molecule has 0 amide bonds. The topological polar surface area (TPSA) is 48.8 Å². The molecule has 92 valence electrons. The molecule has 1 aromatic carbocycles. The van der Waals surface area contributed by atoms with E-state index in [0.29, 0.717) is 5.02 Å². The first-order valence-electron chi connectivity index (χ1n) is 4.74. The van der Waals surface area contributed by atoms with E-state index in [0.717, 1.165) is 6.92 Å². The lowest BCUT2D eigenvalue weighted by molar-refractivity contribution is 0.196. The highest BCUT2D eigenvalue weighted by Gasteiger charge is 2.28. The zero-order valence-electron chi connectivity index (χ0n) is 8.82. The quantitative estimate of drug-likeness (QED) is 0.421. The van der Waals surface area contributed by atoms with Crippen LogP contribution in [0.1, 0.15) is 18.7 Å². The first kappa shape index (κ1) is 14.0. The highest BCUT2D eigenvalue weighted by atomic mass is 35.5. The van der Waals surface area contributed by atoms with Crippen LogP contribution in [-0.2, 0) is 0 Å². The molecule has 0 saturated carbocycles. The first-order valence-corrected chi connectivity index (χ1v) is 5.50. The van der Waals surface area contributed by atoms with Gasteiger partial charge in [0.1, 0.15) is 18.4 Å². The molecule has 0 bridgehead atoms. The van der Waals surface area contributed by atoms with Crippen LogP contribution in [0.4, 0.5) is 8.78 Å². The van der Waals surface area contributed by atoms with Gasteiger partial charge in [0.15, 0.2) is 0 Å². The summed E-state index contributed by atoms with van der Waals surface area (Å²) in [6, 6.07) is 2.68. The number of rotatable bonds is 4. The number of alkyl halides is 2. The van der Waals surface area contributed by atoms with Crippen LogP contribution in [0.3, 0.4) is 0 Å². The Bertz CT molecular complexity index is 447. The smallest absolute Gasteiger partial charge is 0.138 e. The maximum atomic E-state index is 14.0. The first-order chi connectivity index (χ1) is 7.97. The van der Waals surface area contributed by atoms with Gasteiger partial charge in [-0.25, -0.2) is 8.78 Å². The van der Waals surface area contributed by atoms with Crippen LogP contribution < -0.4 is 0 Å². The number of halogens is 4. The largest absolute Gasteiger partial charge is 0.247 e. The second-order valence-electron chi connectivity index (χ2n) is 3.44. The van der Waals surface area contributed by atoms with E-state index in [1.807, 2.05) is 0 Å². The predicted molar refractivity (Wildman–Crippen MR) is 63.8 cm³/mol. The second kappa shape index (κ2) is 6.05. The van der Waals surface area contributed by atoms with Crippen molar-refractivity contribution in [2.75, 3.05) is 0 Å². The van der Waals surface area contributed by atoms with Gasteiger partial charge in [0.05, 0.1) is 0 Å². The van der Waals surface area contributed by atoms with Gasteiger partial charge in [0.25, 0.3) is 0 Å². The Kier molecular flexibility index (Phi) is 5.00. The summed E-state index contributed by atoms with van der Waals surface area (Å²) in [5.41, 5.74) is 8.32. The van der Waals surface area contributed by atoms with Crippen molar-refractivity contribution in [2.45, 2.75) is 25.3 Å². The van der Waals surface area contributed by atoms with E-state index in [1.54, 1.807) is 0 Å². The summed E-state index contributed by atoms with van der Waals surface area (Å²) in [7, 11) is 0. The lowest BCUT2D eigenvalue weighted by Crippen LogP contribution is -2.22. The van der Waals surface area contributed by atoms with Crippen LogP contribution in [0.2, 0.25) is 10.0 Å². The van der Waals surface area contributed by atoms with Gasteiger partial charge >= 0.3 is 0 Å². The molecule has 0 aliphatic carbocycles. The average molecular weight is 280 g/mol. The third-order valence-electron chi connectivity index (χ3n) is 2.22. The summed E-state index contributed by atoms with van der Waals surface area (Å²) < 4.78 is 27.1. The monoisotopic (exact) mass is 279 g/mol. The van der Waals surface area contributed by atoms with Crippen LogP contribution in [-0.4, -0.2) is 12.2 Å². The van der Waals surface area contributed by atoms with E-state index >= 15 is 0 Å².